The van der Waals surface area contributed by atoms with Crippen LogP contribution in [0, 0.1) is 13.8 Å². The van der Waals surface area contributed by atoms with Gasteiger partial charge in [0.25, 0.3) is 5.91 Å². The van der Waals surface area contributed by atoms with Crippen molar-refractivity contribution in [3.05, 3.63) is 77.5 Å². The molecular weight excluding hydrogens is 314 g/mol. The van der Waals surface area contributed by atoms with Gasteiger partial charge in [0, 0.05) is 17.4 Å². The zero-order valence-electron chi connectivity index (χ0n) is 14.1. The standard InChI is InChI=1S/C20H19N3O2/c1-13-11-18(19(21)22-14(13)2)20(24)23-15-7-6-10-17(12-15)25-16-8-4-3-5-9-16/h3-12H,1-2H3,(H2,21,22)(H,23,24). The summed E-state index contributed by atoms with van der Waals surface area (Å²) in [5.41, 5.74) is 8.59. The van der Waals surface area contributed by atoms with Crippen LogP contribution in [0.3, 0.4) is 0 Å². The van der Waals surface area contributed by atoms with Crippen LogP contribution in [-0.4, -0.2) is 10.9 Å². The van der Waals surface area contributed by atoms with E-state index in [2.05, 4.69) is 10.3 Å². The van der Waals surface area contributed by atoms with Gasteiger partial charge >= 0.3 is 0 Å². The fourth-order valence-electron chi connectivity index (χ4n) is 2.37. The Balaban J connectivity index is 1.78. The summed E-state index contributed by atoms with van der Waals surface area (Å²) >= 11 is 0. The second-order valence-corrected chi connectivity index (χ2v) is 5.72. The van der Waals surface area contributed by atoms with Crippen molar-refractivity contribution >= 4 is 17.4 Å². The van der Waals surface area contributed by atoms with Gasteiger partial charge in [0.2, 0.25) is 0 Å². The van der Waals surface area contributed by atoms with Gasteiger partial charge in [-0.05, 0) is 49.7 Å². The molecule has 1 aromatic heterocycles. The van der Waals surface area contributed by atoms with E-state index in [1.54, 1.807) is 18.2 Å². The van der Waals surface area contributed by atoms with Gasteiger partial charge < -0.3 is 15.8 Å². The molecule has 1 amide bonds. The Morgan fingerprint density at radius 3 is 2.48 bits per heavy atom. The summed E-state index contributed by atoms with van der Waals surface area (Å²) in [6.07, 6.45) is 0. The first kappa shape index (κ1) is 16.5. The fourth-order valence-corrected chi connectivity index (χ4v) is 2.37. The molecule has 3 rings (SSSR count). The lowest BCUT2D eigenvalue weighted by Gasteiger charge is -2.11. The molecule has 2 aromatic carbocycles. The van der Waals surface area contributed by atoms with E-state index in [9.17, 15) is 4.79 Å². The summed E-state index contributed by atoms with van der Waals surface area (Å²) in [7, 11) is 0. The smallest absolute Gasteiger partial charge is 0.259 e. The van der Waals surface area contributed by atoms with Gasteiger partial charge in [0.05, 0.1) is 5.56 Å². The summed E-state index contributed by atoms with van der Waals surface area (Å²) in [4.78, 5) is 16.7. The van der Waals surface area contributed by atoms with Gasteiger partial charge in [-0.3, -0.25) is 4.79 Å². The third-order valence-corrected chi connectivity index (χ3v) is 3.81. The van der Waals surface area contributed by atoms with Crippen molar-refractivity contribution in [1.82, 2.24) is 4.98 Å². The number of benzene rings is 2. The summed E-state index contributed by atoms with van der Waals surface area (Å²) in [5, 5.41) is 2.83. The minimum atomic E-state index is -0.301. The Labute approximate surface area is 146 Å². The van der Waals surface area contributed by atoms with Crippen LogP contribution < -0.4 is 15.8 Å². The zero-order valence-corrected chi connectivity index (χ0v) is 14.1. The molecule has 5 heteroatoms. The quantitative estimate of drug-likeness (QED) is 0.745. The number of rotatable bonds is 4. The van der Waals surface area contributed by atoms with E-state index in [1.807, 2.05) is 56.3 Å². The van der Waals surface area contributed by atoms with Crippen LogP contribution in [0.25, 0.3) is 0 Å². The number of nitrogens with one attached hydrogen (secondary N) is 1. The third-order valence-electron chi connectivity index (χ3n) is 3.81. The molecule has 3 aromatic rings. The Hall–Kier alpha value is -3.34. The van der Waals surface area contributed by atoms with Crippen LogP contribution in [0.15, 0.2) is 60.7 Å². The van der Waals surface area contributed by atoms with Crippen molar-refractivity contribution in [3.8, 4) is 11.5 Å². The van der Waals surface area contributed by atoms with Gasteiger partial charge in [-0.25, -0.2) is 4.98 Å². The highest BCUT2D eigenvalue weighted by Gasteiger charge is 2.13. The van der Waals surface area contributed by atoms with Crippen LogP contribution >= 0.6 is 0 Å². The van der Waals surface area contributed by atoms with E-state index in [4.69, 9.17) is 10.5 Å². The molecule has 0 unspecified atom stereocenters. The summed E-state index contributed by atoms with van der Waals surface area (Å²) in [6.45, 7) is 3.75. The third kappa shape index (κ3) is 3.95. The summed E-state index contributed by atoms with van der Waals surface area (Å²) in [5.74, 6) is 1.28. The molecule has 0 fully saturated rings. The molecule has 0 aliphatic carbocycles. The number of nitrogens with zero attached hydrogens (tertiary/aromatic N) is 1. The predicted octanol–water partition coefficient (Wildman–Crippen LogP) is 4.33. The lowest BCUT2D eigenvalue weighted by molar-refractivity contribution is 0.102. The number of nitrogen functional groups attached to an aromatic ring is 1. The van der Waals surface area contributed by atoms with Crippen LogP contribution in [0.4, 0.5) is 11.5 Å². The number of hydrogen-bond donors (Lipinski definition) is 2. The van der Waals surface area contributed by atoms with Crippen LogP contribution in [0.5, 0.6) is 11.5 Å². The number of pyridine rings is 1. The molecule has 0 saturated carbocycles. The normalized spacial score (nSPS) is 10.3. The minimum Gasteiger partial charge on any atom is -0.457 e. The lowest BCUT2D eigenvalue weighted by atomic mass is 10.1. The molecule has 0 atom stereocenters. The molecule has 3 N–H and O–H groups in total. The first-order chi connectivity index (χ1) is 12.0. The minimum absolute atomic E-state index is 0.220. The van der Waals surface area contributed by atoms with Gasteiger partial charge in [0.1, 0.15) is 17.3 Å². The Morgan fingerprint density at radius 1 is 1.00 bits per heavy atom. The SMILES string of the molecule is Cc1cc(C(=O)Nc2cccc(Oc3ccccc3)c2)c(N)nc1C. The average molecular weight is 333 g/mol. The number of aromatic nitrogens is 1. The Morgan fingerprint density at radius 2 is 1.72 bits per heavy atom. The highest BCUT2D eigenvalue weighted by atomic mass is 16.5. The number of aryl methyl sites for hydroxylation is 2. The molecule has 0 aliphatic rings. The van der Waals surface area contributed by atoms with Crippen molar-refractivity contribution in [2.45, 2.75) is 13.8 Å². The lowest BCUT2D eigenvalue weighted by Crippen LogP contribution is -2.15. The van der Waals surface area contributed by atoms with Crippen molar-refractivity contribution in [1.29, 1.82) is 0 Å². The number of carbonyl (C=O) groups is 1. The molecule has 0 bridgehead atoms. The molecule has 5 nitrogen and oxygen atoms in total. The van der Waals surface area contributed by atoms with E-state index in [0.717, 1.165) is 17.0 Å². The van der Waals surface area contributed by atoms with E-state index in [1.165, 1.54) is 0 Å². The van der Waals surface area contributed by atoms with Gasteiger partial charge in [0.15, 0.2) is 0 Å². The second kappa shape index (κ2) is 7.05. The van der Waals surface area contributed by atoms with Gasteiger partial charge in [-0.2, -0.15) is 0 Å². The van der Waals surface area contributed by atoms with Crippen molar-refractivity contribution < 1.29 is 9.53 Å². The first-order valence-electron chi connectivity index (χ1n) is 7.91. The molecule has 126 valence electrons. The average Bonchev–Trinajstić information content (AvgIpc) is 2.59. The molecule has 25 heavy (non-hydrogen) atoms. The van der Waals surface area contributed by atoms with Gasteiger partial charge in [-0.1, -0.05) is 24.3 Å². The van der Waals surface area contributed by atoms with Crippen molar-refractivity contribution in [2.24, 2.45) is 0 Å². The van der Waals surface area contributed by atoms with Crippen LogP contribution in [0.2, 0.25) is 0 Å². The molecule has 0 spiro atoms. The monoisotopic (exact) mass is 333 g/mol. The second-order valence-electron chi connectivity index (χ2n) is 5.72. The van der Waals surface area contributed by atoms with E-state index in [0.29, 0.717) is 17.0 Å². The van der Waals surface area contributed by atoms with Crippen LogP contribution in [0.1, 0.15) is 21.6 Å². The number of amides is 1. The molecular formula is C20H19N3O2. The highest BCUT2D eigenvalue weighted by Crippen LogP contribution is 2.24. The number of ether oxygens (including phenoxy) is 1. The van der Waals surface area contributed by atoms with Crippen molar-refractivity contribution in [3.63, 3.8) is 0 Å². The number of carbonyl (C=O) groups excluding carboxylic acids is 1. The predicted molar refractivity (Wildman–Crippen MR) is 99.0 cm³/mol. The topological polar surface area (TPSA) is 77.2 Å². The molecule has 1 heterocycles. The first-order valence-corrected chi connectivity index (χ1v) is 7.91. The Bertz CT molecular complexity index is 908. The number of para-hydroxylation sites is 1. The number of nitrogens with two attached hydrogens (primary N) is 1. The Kier molecular flexibility index (Phi) is 4.66. The van der Waals surface area contributed by atoms with Gasteiger partial charge in [-0.15, -0.1) is 0 Å². The maximum absolute atomic E-state index is 12.5. The summed E-state index contributed by atoms with van der Waals surface area (Å²) < 4.78 is 5.78. The molecule has 0 saturated heterocycles. The maximum Gasteiger partial charge on any atom is 0.259 e. The molecule has 0 aliphatic heterocycles. The summed E-state index contributed by atoms with van der Waals surface area (Å²) in [6, 6.07) is 18.4. The van der Waals surface area contributed by atoms with E-state index in [-0.39, 0.29) is 11.7 Å². The van der Waals surface area contributed by atoms with E-state index < -0.39 is 0 Å². The number of anilines is 2. The zero-order chi connectivity index (χ0) is 17.8. The largest absolute Gasteiger partial charge is 0.457 e. The highest BCUT2D eigenvalue weighted by molar-refractivity contribution is 6.07. The number of hydrogen-bond acceptors (Lipinski definition) is 4. The fraction of sp³-hybridized carbons (Fsp3) is 0.100. The molecule has 0 radical (unpaired) electrons. The maximum atomic E-state index is 12.5. The van der Waals surface area contributed by atoms with E-state index >= 15 is 0 Å². The van der Waals surface area contributed by atoms with Crippen molar-refractivity contribution in [2.75, 3.05) is 11.1 Å². The van der Waals surface area contributed by atoms with Crippen LogP contribution in [-0.2, 0) is 0 Å².